The monoisotopic (exact) mass is 192 g/mol. The lowest BCUT2D eigenvalue weighted by molar-refractivity contribution is 0.238. The van der Waals surface area contributed by atoms with E-state index in [1.807, 2.05) is 19.2 Å². The maximum Gasteiger partial charge on any atom is 0.0605 e. The Morgan fingerprint density at radius 2 is 2.50 bits per heavy atom. The van der Waals surface area contributed by atoms with Gasteiger partial charge in [-0.05, 0) is 25.5 Å². The van der Waals surface area contributed by atoms with Crippen LogP contribution in [-0.2, 0) is 0 Å². The van der Waals surface area contributed by atoms with Gasteiger partial charge < -0.3 is 10.0 Å². The first-order chi connectivity index (χ1) is 6.81. The van der Waals surface area contributed by atoms with Crippen LogP contribution in [0.15, 0.2) is 18.3 Å². The third kappa shape index (κ3) is 1.73. The maximum absolute atomic E-state index is 9.06. The molecular weight excluding hydrogens is 176 g/mol. The van der Waals surface area contributed by atoms with Crippen LogP contribution in [0.25, 0.3) is 0 Å². The van der Waals surface area contributed by atoms with Gasteiger partial charge >= 0.3 is 0 Å². The number of pyridine rings is 1. The van der Waals surface area contributed by atoms with Crippen LogP contribution in [0, 0.1) is 12.8 Å². The highest BCUT2D eigenvalue weighted by Crippen LogP contribution is 2.24. The van der Waals surface area contributed by atoms with Crippen molar-refractivity contribution in [2.45, 2.75) is 13.3 Å². The molecule has 1 unspecified atom stereocenters. The smallest absolute Gasteiger partial charge is 0.0605 e. The van der Waals surface area contributed by atoms with Crippen LogP contribution in [0.4, 0.5) is 5.69 Å². The number of hydrogen-bond acceptors (Lipinski definition) is 3. The van der Waals surface area contributed by atoms with Gasteiger partial charge in [-0.15, -0.1) is 0 Å². The van der Waals surface area contributed by atoms with Gasteiger partial charge in [-0.25, -0.2) is 0 Å². The molecule has 0 radical (unpaired) electrons. The molecule has 1 aliphatic rings. The molecule has 0 amide bonds. The zero-order valence-electron chi connectivity index (χ0n) is 8.48. The molecule has 14 heavy (non-hydrogen) atoms. The number of hydrogen-bond donors (Lipinski definition) is 1. The van der Waals surface area contributed by atoms with Crippen molar-refractivity contribution in [2.75, 3.05) is 24.6 Å². The fourth-order valence-corrected chi connectivity index (χ4v) is 2.01. The first kappa shape index (κ1) is 9.46. The Bertz CT molecular complexity index is 314. The quantitative estimate of drug-likeness (QED) is 0.765. The minimum Gasteiger partial charge on any atom is -0.396 e. The van der Waals surface area contributed by atoms with Crippen LogP contribution in [0.2, 0.25) is 0 Å². The Morgan fingerprint density at radius 3 is 3.14 bits per heavy atom. The van der Waals surface area contributed by atoms with Gasteiger partial charge in [0.1, 0.15) is 0 Å². The third-order valence-corrected chi connectivity index (χ3v) is 2.86. The van der Waals surface area contributed by atoms with Crippen LogP contribution >= 0.6 is 0 Å². The zero-order valence-corrected chi connectivity index (χ0v) is 8.48. The van der Waals surface area contributed by atoms with Crippen molar-refractivity contribution in [2.24, 2.45) is 5.92 Å². The number of nitrogens with zero attached hydrogens (tertiary/aromatic N) is 2. The molecule has 1 atom stereocenters. The molecule has 76 valence electrons. The third-order valence-electron chi connectivity index (χ3n) is 2.86. The summed E-state index contributed by atoms with van der Waals surface area (Å²) in [6, 6.07) is 4.07. The van der Waals surface area contributed by atoms with Crippen LogP contribution in [-0.4, -0.2) is 29.8 Å². The van der Waals surface area contributed by atoms with Crippen molar-refractivity contribution in [1.82, 2.24) is 4.98 Å². The van der Waals surface area contributed by atoms with Crippen LogP contribution < -0.4 is 4.90 Å². The fourth-order valence-electron chi connectivity index (χ4n) is 2.01. The molecule has 3 nitrogen and oxygen atoms in total. The standard InChI is InChI=1S/C11H16N2O/c1-9-11(3-2-5-12-9)13-6-4-10(7-13)8-14/h2-3,5,10,14H,4,6-8H2,1H3. The highest BCUT2D eigenvalue weighted by atomic mass is 16.3. The number of aliphatic hydroxyl groups is 1. The van der Waals surface area contributed by atoms with Gasteiger partial charge in [0.15, 0.2) is 0 Å². The van der Waals surface area contributed by atoms with Crippen molar-refractivity contribution >= 4 is 5.69 Å². The fraction of sp³-hybridized carbons (Fsp3) is 0.545. The Kier molecular flexibility index (Phi) is 2.68. The van der Waals surface area contributed by atoms with Crippen LogP contribution in [0.5, 0.6) is 0 Å². The van der Waals surface area contributed by atoms with E-state index in [-0.39, 0.29) is 0 Å². The Morgan fingerprint density at radius 1 is 1.64 bits per heavy atom. The molecule has 1 aromatic rings. The van der Waals surface area contributed by atoms with E-state index in [1.54, 1.807) is 0 Å². The lowest BCUT2D eigenvalue weighted by Gasteiger charge is -2.19. The summed E-state index contributed by atoms with van der Waals surface area (Å²) in [5.41, 5.74) is 2.29. The molecule has 1 fully saturated rings. The molecule has 1 aromatic heterocycles. The van der Waals surface area contributed by atoms with Crippen molar-refractivity contribution in [3.05, 3.63) is 24.0 Å². The van der Waals surface area contributed by atoms with Crippen LogP contribution in [0.1, 0.15) is 12.1 Å². The predicted molar refractivity (Wildman–Crippen MR) is 56.4 cm³/mol. The summed E-state index contributed by atoms with van der Waals surface area (Å²) in [4.78, 5) is 6.58. The molecule has 0 aromatic carbocycles. The predicted octanol–water partition coefficient (Wildman–Crippen LogP) is 1.21. The lowest BCUT2D eigenvalue weighted by Crippen LogP contribution is -2.21. The summed E-state index contributed by atoms with van der Waals surface area (Å²) in [6.07, 6.45) is 2.91. The van der Waals surface area contributed by atoms with Gasteiger partial charge in [-0.2, -0.15) is 0 Å². The summed E-state index contributed by atoms with van der Waals surface area (Å²) < 4.78 is 0. The van der Waals surface area contributed by atoms with Gasteiger partial charge in [0.05, 0.1) is 11.4 Å². The summed E-state index contributed by atoms with van der Waals surface area (Å²) in [5, 5.41) is 9.06. The second kappa shape index (κ2) is 3.96. The number of aryl methyl sites for hydroxylation is 1. The number of rotatable bonds is 2. The molecule has 0 bridgehead atoms. The maximum atomic E-state index is 9.06. The van der Waals surface area contributed by atoms with E-state index in [0.29, 0.717) is 12.5 Å². The minimum atomic E-state index is 0.301. The number of anilines is 1. The molecule has 2 rings (SSSR count). The average Bonchev–Trinajstić information content (AvgIpc) is 2.67. The van der Waals surface area contributed by atoms with E-state index >= 15 is 0 Å². The van der Waals surface area contributed by atoms with Crippen molar-refractivity contribution in [3.63, 3.8) is 0 Å². The zero-order chi connectivity index (χ0) is 9.97. The second-order valence-electron chi connectivity index (χ2n) is 3.89. The second-order valence-corrected chi connectivity index (χ2v) is 3.89. The molecule has 1 saturated heterocycles. The molecule has 1 N–H and O–H groups in total. The van der Waals surface area contributed by atoms with Crippen LogP contribution in [0.3, 0.4) is 0 Å². The SMILES string of the molecule is Cc1ncccc1N1CCC(CO)C1. The van der Waals surface area contributed by atoms with Crippen molar-refractivity contribution < 1.29 is 5.11 Å². The minimum absolute atomic E-state index is 0.301. The van der Waals surface area contributed by atoms with Gasteiger partial charge in [0, 0.05) is 31.8 Å². The summed E-state index contributed by atoms with van der Waals surface area (Å²) in [5.74, 6) is 0.439. The Hall–Kier alpha value is -1.09. The van der Waals surface area contributed by atoms with E-state index in [9.17, 15) is 0 Å². The average molecular weight is 192 g/mol. The molecule has 3 heteroatoms. The summed E-state index contributed by atoms with van der Waals surface area (Å²) in [6.45, 7) is 4.33. The number of aliphatic hydroxyl groups excluding tert-OH is 1. The van der Waals surface area contributed by atoms with Gasteiger partial charge in [-0.1, -0.05) is 0 Å². The molecular formula is C11H16N2O. The number of aromatic nitrogens is 1. The molecule has 0 aliphatic carbocycles. The topological polar surface area (TPSA) is 36.4 Å². The van der Waals surface area contributed by atoms with E-state index in [2.05, 4.69) is 16.0 Å². The van der Waals surface area contributed by atoms with Crippen molar-refractivity contribution in [3.8, 4) is 0 Å². The largest absolute Gasteiger partial charge is 0.396 e. The Labute approximate surface area is 84.4 Å². The molecule has 1 aliphatic heterocycles. The van der Waals surface area contributed by atoms with Gasteiger partial charge in [-0.3, -0.25) is 4.98 Å². The highest BCUT2D eigenvalue weighted by Gasteiger charge is 2.22. The lowest BCUT2D eigenvalue weighted by atomic mass is 10.1. The van der Waals surface area contributed by atoms with E-state index < -0.39 is 0 Å². The van der Waals surface area contributed by atoms with Gasteiger partial charge in [0.2, 0.25) is 0 Å². The Balaban J connectivity index is 2.13. The van der Waals surface area contributed by atoms with Crippen molar-refractivity contribution in [1.29, 1.82) is 0 Å². The first-order valence-corrected chi connectivity index (χ1v) is 5.08. The normalized spacial score (nSPS) is 21.6. The van der Waals surface area contributed by atoms with E-state index in [4.69, 9.17) is 5.11 Å². The summed E-state index contributed by atoms with van der Waals surface area (Å²) in [7, 11) is 0. The van der Waals surface area contributed by atoms with E-state index in [0.717, 1.165) is 25.2 Å². The van der Waals surface area contributed by atoms with Gasteiger partial charge in [0.25, 0.3) is 0 Å². The molecule has 0 spiro atoms. The molecule has 0 saturated carbocycles. The van der Waals surface area contributed by atoms with E-state index in [1.165, 1.54) is 5.69 Å². The summed E-state index contributed by atoms with van der Waals surface area (Å²) >= 11 is 0. The highest BCUT2D eigenvalue weighted by molar-refractivity contribution is 5.50. The first-order valence-electron chi connectivity index (χ1n) is 5.08. The molecule has 2 heterocycles.